The lowest BCUT2D eigenvalue weighted by Crippen LogP contribution is -2.20. The van der Waals surface area contributed by atoms with Gasteiger partial charge in [0, 0.05) is 18.8 Å². The first-order chi connectivity index (χ1) is 13.0. The summed E-state index contributed by atoms with van der Waals surface area (Å²) in [5.41, 5.74) is 0. The molecule has 0 aromatic heterocycles. The third kappa shape index (κ3) is 9.70. The van der Waals surface area contributed by atoms with Crippen molar-refractivity contribution in [1.29, 1.82) is 0 Å². The van der Waals surface area contributed by atoms with Crippen LogP contribution in [0.2, 0.25) is 0 Å². The topological polar surface area (TPSA) is 98.0 Å². The first-order valence-electron chi connectivity index (χ1n) is 9.85. The van der Waals surface area contributed by atoms with Crippen LogP contribution in [0.1, 0.15) is 51.9 Å². The molecule has 0 aliphatic heterocycles. The Kier molecular flexibility index (Phi) is 11.7. The van der Waals surface area contributed by atoms with Gasteiger partial charge >= 0.3 is 5.97 Å². The molecular formula is C22H34O5. The molecule has 1 saturated carbocycles. The summed E-state index contributed by atoms with van der Waals surface area (Å²) in [5.74, 6) is -1.17. The van der Waals surface area contributed by atoms with Gasteiger partial charge < -0.3 is 20.4 Å². The van der Waals surface area contributed by atoms with Gasteiger partial charge in [0.1, 0.15) is 0 Å². The van der Waals surface area contributed by atoms with Crippen molar-refractivity contribution in [2.24, 2.45) is 11.8 Å². The number of carbonyl (C=O) groups is 1. The highest BCUT2D eigenvalue weighted by Crippen LogP contribution is 2.36. The van der Waals surface area contributed by atoms with Crippen LogP contribution in [0.5, 0.6) is 0 Å². The van der Waals surface area contributed by atoms with E-state index in [0.717, 1.165) is 12.8 Å². The van der Waals surface area contributed by atoms with E-state index >= 15 is 0 Å². The van der Waals surface area contributed by atoms with Crippen molar-refractivity contribution in [1.82, 2.24) is 0 Å². The van der Waals surface area contributed by atoms with Gasteiger partial charge in [0.25, 0.3) is 0 Å². The zero-order chi connectivity index (χ0) is 20.1. The van der Waals surface area contributed by atoms with Gasteiger partial charge in [-0.2, -0.15) is 0 Å². The van der Waals surface area contributed by atoms with Crippen LogP contribution in [0.4, 0.5) is 0 Å². The Labute approximate surface area is 162 Å². The van der Waals surface area contributed by atoms with Gasteiger partial charge in [-0.3, -0.25) is 4.79 Å². The number of carboxylic acids is 1. The zero-order valence-corrected chi connectivity index (χ0v) is 16.2. The van der Waals surface area contributed by atoms with Crippen LogP contribution in [0, 0.1) is 11.8 Å². The van der Waals surface area contributed by atoms with E-state index in [2.05, 4.69) is 19.1 Å². The van der Waals surface area contributed by atoms with Crippen molar-refractivity contribution in [3.8, 4) is 0 Å². The summed E-state index contributed by atoms with van der Waals surface area (Å²) in [6, 6.07) is 0. The lowest BCUT2D eigenvalue weighted by atomic mass is 9.89. The summed E-state index contributed by atoms with van der Waals surface area (Å²) in [5, 5.41) is 39.1. The van der Waals surface area contributed by atoms with Crippen molar-refractivity contribution in [3.05, 3.63) is 48.6 Å². The van der Waals surface area contributed by atoms with Crippen molar-refractivity contribution in [3.63, 3.8) is 0 Å². The van der Waals surface area contributed by atoms with Crippen LogP contribution < -0.4 is 0 Å². The fraction of sp³-hybridized carbons (Fsp3) is 0.591. The number of aliphatic hydroxyl groups is 3. The minimum atomic E-state index is -0.832. The zero-order valence-electron chi connectivity index (χ0n) is 16.2. The molecule has 0 aromatic carbocycles. The maximum atomic E-state index is 10.5. The molecule has 1 aliphatic carbocycles. The van der Waals surface area contributed by atoms with Gasteiger partial charge in [-0.25, -0.2) is 0 Å². The van der Waals surface area contributed by atoms with Gasteiger partial charge in [-0.15, -0.1) is 0 Å². The van der Waals surface area contributed by atoms with E-state index in [1.54, 1.807) is 12.2 Å². The highest BCUT2D eigenvalue weighted by atomic mass is 16.4. The lowest BCUT2D eigenvalue weighted by Gasteiger charge is -2.19. The fourth-order valence-electron chi connectivity index (χ4n) is 3.29. The van der Waals surface area contributed by atoms with Crippen LogP contribution in [0.3, 0.4) is 0 Å². The molecule has 0 unspecified atom stereocenters. The maximum absolute atomic E-state index is 10.5. The van der Waals surface area contributed by atoms with E-state index in [1.165, 1.54) is 0 Å². The van der Waals surface area contributed by atoms with Gasteiger partial charge in [0.2, 0.25) is 0 Å². The van der Waals surface area contributed by atoms with Crippen LogP contribution in [0.15, 0.2) is 48.6 Å². The molecule has 1 aliphatic rings. The minimum Gasteiger partial charge on any atom is -0.481 e. The molecular weight excluding hydrogens is 344 g/mol. The Hall–Kier alpha value is -1.69. The summed E-state index contributed by atoms with van der Waals surface area (Å²) in [7, 11) is 0. The van der Waals surface area contributed by atoms with E-state index in [4.69, 9.17) is 5.11 Å². The summed E-state index contributed by atoms with van der Waals surface area (Å²) in [6.07, 6.45) is 17.3. The Morgan fingerprint density at radius 1 is 1.07 bits per heavy atom. The van der Waals surface area contributed by atoms with Crippen molar-refractivity contribution >= 4 is 5.97 Å². The number of hydrogen-bond donors (Lipinski definition) is 4. The number of hydrogen-bond acceptors (Lipinski definition) is 4. The molecule has 0 spiro atoms. The molecule has 5 nitrogen and oxygen atoms in total. The maximum Gasteiger partial charge on any atom is 0.303 e. The fourth-order valence-corrected chi connectivity index (χ4v) is 3.29. The highest BCUT2D eigenvalue weighted by molar-refractivity contribution is 5.66. The third-order valence-electron chi connectivity index (χ3n) is 4.79. The Morgan fingerprint density at radius 3 is 2.52 bits per heavy atom. The predicted octanol–water partition coefficient (Wildman–Crippen LogP) is 3.38. The second kappa shape index (κ2) is 13.5. The molecule has 5 heteroatoms. The summed E-state index contributed by atoms with van der Waals surface area (Å²) < 4.78 is 0. The highest BCUT2D eigenvalue weighted by Gasteiger charge is 2.39. The molecule has 0 amide bonds. The van der Waals surface area contributed by atoms with E-state index < -0.39 is 24.3 Å². The second-order valence-corrected chi connectivity index (χ2v) is 7.03. The van der Waals surface area contributed by atoms with Crippen molar-refractivity contribution < 1.29 is 25.2 Å². The van der Waals surface area contributed by atoms with E-state index in [9.17, 15) is 20.1 Å². The molecule has 0 radical (unpaired) electrons. The lowest BCUT2D eigenvalue weighted by molar-refractivity contribution is -0.136. The molecule has 27 heavy (non-hydrogen) atoms. The van der Waals surface area contributed by atoms with Crippen LogP contribution in [-0.2, 0) is 4.79 Å². The average molecular weight is 379 g/mol. The average Bonchev–Trinajstić information content (AvgIpc) is 2.88. The van der Waals surface area contributed by atoms with Crippen molar-refractivity contribution in [2.45, 2.75) is 70.2 Å². The quantitative estimate of drug-likeness (QED) is 0.390. The van der Waals surface area contributed by atoms with Gasteiger partial charge in [0.05, 0.1) is 18.3 Å². The minimum absolute atomic E-state index is 0.0869. The van der Waals surface area contributed by atoms with Gasteiger partial charge in [-0.05, 0) is 38.0 Å². The first-order valence-corrected chi connectivity index (χ1v) is 9.85. The molecule has 0 aromatic rings. The number of allylic oxidation sites excluding steroid dienone is 5. The van der Waals surface area contributed by atoms with E-state index in [0.29, 0.717) is 25.7 Å². The molecule has 0 bridgehead atoms. The van der Waals surface area contributed by atoms with Crippen LogP contribution in [0.25, 0.3) is 0 Å². The van der Waals surface area contributed by atoms with Gasteiger partial charge in [0.15, 0.2) is 0 Å². The monoisotopic (exact) mass is 378 g/mol. The molecule has 1 fully saturated rings. The molecule has 152 valence electrons. The smallest absolute Gasteiger partial charge is 0.303 e. The standard InChI is InChI=1S/C22H34O5/c1-2-3-4-5-6-8-11-17(23)14-15-19-18(20(24)16-21(19)25)12-9-7-10-13-22(26)27/h3-4,6-9,14-15,17-21,23-25H,2,5,10-13,16H2,1H3,(H,26,27)/b4-3-,8-6-,9-7-,15-14+/t17-,18-,19-,20-,21+/m0/s1. The van der Waals surface area contributed by atoms with Gasteiger partial charge in [-0.1, -0.05) is 55.5 Å². The van der Waals surface area contributed by atoms with Crippen LogP contribution >= 0.6 is 0 Å². The largest absolute Gasteiger partial charge is 0.481 e. The molecule has 5 atom stereocenters. The van der Waals surface area contributed by atoms with E-state index in [1.807, 2.05) is 24.3 Å². The van der Waals surface area contributed by atoms with E-state index in [-0.39, 0.29) is 18.3 Å². The molecule has 1 rings (SSSR count). The predicted molar refractivity (Wildman–Crippen MR) is 107 cm³/mol. The second-order valence-electron chi connectivity index (χ2n) is 7.03. The number of rotatable bonds is 12. The summed E-state index contributed by atoms with van der Waals surface area (Å²) >= 11 is 0. The first kappa shape index (κ1) is 23.3. The Bertz CT molecular complexity index is 535. The SMILES string of the molecule is CC/C=C\C/C=C\C[C@H](O)/C=C/[C@H]1[C@H](C/C=C\CCC(=O)O)[C@@H](O)C[C@H]1O. The van der Waals surface area contributed by atoms with Crippen LogP contribution in [-0.4, -0.2) is 44.7 Å². The molecule has 0 saturated heterocycles. The number of aliphatic hydroxyl groups excluding tert-OH is 3. The van der Waals surface area contributed by atoms with Crippen molar-refractivity contribution in [2.75, 3.05) is 0 Å². The number of carboxylic acid groups (broad SMARTS) is 1. The Balaban J connectivity index is 2.49. The Morgan fingerprint density at radius 2 is 1.81 bits per heavy atom. The third-order valence-corrected chi connectivity index (χ3v) is 4.79. The summed E-state index contributed by atoms with van der Waals surface area (Å²) in [6.45, 7) is 2.09. The molecule has 0 heterocycles. The molecule has 4 N–H and O–H groups in total. The normalized spacial score (nSPS) is 27.6. The number of aliphatic carboxylic acids is 1. The summed E-state index contributed by atoms with van der Waals surface area (Å²) in [4.78, 5) is 10.5.